The van der Waals surface area contributed by atoms with Crippen molar-refractivity contribution in [3.8, 4) is 10.6 Å². The van der Waals surface area contributed by atoms with Gasteiger partial charge in [-0.25, -0.2) is 9.97 Å². The highest BCUT2D eigenvalue weighted by Crippen LogP contribution is 2.26. The molecule has 0 aliphatic heterocycles. The van der Waals surface area contributed by atoms with E-state index in [4.69, 9.17) is 5.73 Å². The fourth-order valence-electron chi connectivity index (χ4n) is 2.15. The molecule has 2 heterocycles. The third kappa shape index (κ3) is 2.95. The molecule has 0 bridgehead atoms. The molecule has 0 atom stereocenters. The van der Waals surface area contributed by atoms with Crippen molar-refractivity contribution in [2.45, 2.75) is 13.8 Å². The second-order valence-electron chi connectivity index (χ2n) is 5.30. The molecule has 0 radical (unpaired) electrons. The van der Waals surface area contributed by atoms with Gasteiger partial charge in [-0.2, -0.15) is 0 Å². The summed E-state index contributed by atoms with van der Waals surface area (Å²) >= 11 is 1.18. The van der Waals surface area contributed by atoms with Crippen molar-refractivity contribution < 1.29 is 0 Å². The van der Waals surface area contributed by atoms with Gasteiger partial charge >= 0.3 is 4.87 Å². The van der Waals surface area contributed by atoms with E-state index >= 15 is 0 Å². The van der Waals surface area contributed by atoms with Crippen LogP contribution < -0.4 is 15.9 Å². The molecule has 0 saturated carbocycles. The lowest BCUT2D eigenvalue weighted by Crippen LogP contribution is -2.08. The highest BCUT2D eigenvalue weighted by atomic mass is 32.1. The number of anilines is 3. The average Bonchev–Trinajstić information content (AvgIpc) is 2.79. The Bertz CT molecular complexity index is 928. The average molecular weight is 327 g/mol. The van der Waals surface area contributed by atoms with Crippen molar-refractivity contribution in [2.24, 2.45) is 7.05 Å². The summed E-state index contributed by atoms with van der Waals surface area (Å²) in [5.74, 6) is 0.466. The first-order chi connectivity index (χ1) is 11.0. The number of nitrogens with two attached hydrogens (primary N) is 1. The number of aromatic nitrogens is 3. The van der Waals surface area contributed by atoms with Crippen LogP contribution in [-0.4, -0.2) is 14.5 Å². The van der Waals surface area contributed by atoms with Crippen LogP contribution in [0.2, 0.25) is 0 Å². The lowest BCUT2D eigenvalue weighted by atomic mass is 10.2. The zero-order valence-electron chi connectivity index (χ0n) is 13.1. The van der Waals surface area contributed by atoms with E-state index in [1.807, 2.05) is 32.0 Å². The minimum Gasteiger partial charge on any atom is -0.398 e. The Kier molecular flexibility index (Phi) is 3.87. The summed E-state index contributed by atoms with van der Waals surface area (Å²) in [5.41, 5.74) is 10.1. The Morgan fingerprint density at radius 3 is 2.70 bits per heavy atom. The summed E-state index contributed by atoms with van der Waals surface area (Å²) in [4.78, 5) is 21.4. The molecule has 23 heavy (non-hydrogen) atoms. The number of nitrogens with zero attached hydrogens (tertiary/aromatic N) is 3. The number of aryl methyl sites for hydroxylation is 1. The highest BCUT2D eigenvalue weighted by Gasteiger charge is 2.12. The van der Waals surface area contributed by atoms with Crippen molar-refractivity contribution >= 4 is 28.7 Å². The maximum absolute atomic E-state index is 11.8. The quantitative estimate of drug-likeness (QED) is 0.723. The first-order valence-corrected chi connectivity index (χ1v) is 7.90. The van der Waals surface area contributed by atoms with E-state index in [9.17, 15) is 4.79 Å². The third-order valence-electron chi connectivity index (χ3n) is 3.72. The van der Waals surface area contributed by atoms with Crippen LogP contribution in [0.5, 0.6) is 0 Å². The van der Waals surface area contributed by atoms with Crippen molar-refractivity contribution in [3.05, 3.63) is 51.4 Å². The zero-order chi connectivity index (χ0) is 16.6. The van der Waals surface area contributed by atoms with Crippen molar-refractivity contribution in [1.82, 2.24) is 14.5 Å². The molecule has 3 aromatic rings. The van der Waals surface area contributed by atoms with Gasteiger partial charge in [0.1, 0.15) is 0 Å². The van der Waals surface area contributed by atoms with Gasteiger partial charge in [0.2, 0.25) is 5.95 Å². The molecule has 3 rings (SSSR count). The van der Waals surface area contributed by atoms with E-state index < -0.39 is 0 Å². The molecule has 118 valence electrons. The van der Waals surface area contributed by atoms with Gasteiger partial charge in [0.25, 0.3) is 0 Å². The van der Waals surface area contributed by atoms with Crippen LogP contribution in [0.25, 0.3) is 10.6 Å². The lowest BCUT2D eigenvalue weighted by molar-refractivity contribution is 0.854. The Morgan fingerprint density at radius 2 is 2.04 bits per heavy atom. The van der Waals surface area contributed by atoms with E-state index in [1.165, 1.54) is 11.3 Å². The molecule has 0 unspecified atom stereocenters. The number of rotatable bonds is 3. The Hall–Kier alpha value is -2.67. The van der Waals surface area contributed by atoms with E-state index in [1.54, 1.807) is 23.9 Å². The van der Waals surface area contributed by atoms with E-state index in [-0.39, 0.29) is 4.87 Å². The van der Waals surface area contributed by atoms with Crippen molar-refractivity contribution in [1.29, 1.82) is 0 Å². The molecule has 0 fully saturated rings. The summed E-state index contributed by atoms with van der Waals surface area (Å²) in [6.07, 6.45) is 1.67. The second kappa shape index (κ2) is 5.85. The number of nitrogen functional groups attached to an aromatic ring is 1. The highest BCUT2D eigenvalue weighted by molar-refractivity contribution is 7.13. The number of nitrogens with one attached hydrogen (secondary N) is 1. The Morgan fingerprint density at radius 1 is 1.26 bits per heavy atom. The summed E-state index contributed by atoms with van der Waals surface area (Å²) in [5, 5.41) is 3.14. The van der Waals surface area contributed by atoms with E-state index in [0.29, 0.717) is 11.6 Å². The summed E-state index contributed by atoms with van der Waals surface area (Å²) in [6, 6.07) is 7.51. The van der Waals surface area contributed by atoms with Gasteiger partial charge in [0.15, 0.2) is 0 Å². The van der Waals surface area contributed by atoms with Gasteiger partial charge in [-0.05, 0) is 37.6 Å². The van der Waals surface area contributed by atoms with Crippen molar-refractivity contribution in [3.63, 3.8) is 0 Å². The molecule has 6 nitrogen and oxygen atoms in total. The summed E-state index contributed by atoms with van der Waals surface area (Å²) < 4.78 is 1.62. The standard InChI is InChI=1S/C16H17N5OS/c1-9-4-5-11(8-12(9)17)19-15-18-7-6-13(20-15)14-10(2)21(3)16(22)23-14/h4-8H,17H2,1-3H3,(H,18,19,20). The molecule has 7 heteroatoms. The summed E-state index contributed by atoms with van der Waals surface area (Å²) in [7, 11) is 1.76. The molecule has 0 aliphatic rings. The number of hydrogen-bond donors (Lipinski definition) is 2. The smallest absolute Gasteiger partial charge is 0.307 e. The normalized spacial score (nSPS) is 10.7. The minimum absolute atomic E-state index is 0.00284. The van der Waals surface area contributed by atoms with Crippen LogP contribution in [0.3, 0.4) is 0 Å². The molecule has 0 aliphatic carbocycles. The van der Waals surface area contributed by atoms with E-state index in [0.717, 1.165) is 27.5 Å². The first-order valence-electron chi connectivity index (χ1n) is 7.08. The largest absolute Gasteiger partial charge is 0.398 e. The van der Waals surface area contributed by atoms with Crippen LogP contribution in [-0.2, 0) is 7.05 Å². The zero-order valence-corrected chi connectivity index (χ0v) is 13.9. The molecule has 1 aromatic carbocycles. The van der Waals surface area contributed by atoms with Crippen LogP contribution in [0.1, 0.15) is 11.3 Å². The first kappa shape index (κ1) is 15.2. The molecular formula is C16H17N5OS. The minimum atomic E-state index is -0.00284. The third-order valence-corrected chi connectivity index (χ3v) is 4.88. The van der Waals surface area contributed by atoms with Gasteiger partial charge in [0.05, 0.1) is 10.6 Å². The SMILES string of the molecule is Cc1ccc(Nc2nccc(-c3sc(=O)n(C)c3C)n2)cc1N. The van der Waals surface area contributed by atoms with Gasteiger partial charge in [-0.1, -0.05) is 17.4 Å². The van der Waals surface area contributed by atoms with Crippen LogP contribution in [0, 0.1) is 13.8 Å². The van der Waals surface area contributed by atoms with Crippen LogP contribution >= 0.6 is 11.3 Å². The number of benzene rings is 1. The number of hydrogen-bond acceptors (Lipinski definition) is 6. The predicted octanol–water partition coefficient (Wildman–Crippen LogP) is 2.85. The molecule has 0 spiro atoms. The fraction of sp³-hybridized carbons (Fsp3) is 0.188. The van der Waals surface area contributed by atoms with Crippen LogP contribution in [0.15, 0.2) is 35.3 Å². The molecule has 0 saturated heterocycles. The molecular weight excluding hydrogens is 310 g/mol. The maximum atomic E-state index is 11.8. The molecule has 0 amide bonds. The van der Waals surface area contributed by atoms with Gasteiger partial charge in [-0.3, -0.25) is 4.79 Å². The van der Waals surface area contributed by atoms with Gasteiger partial charge in [0, 0.05) is 30.3 Å². The topological polar surface area (TPSA) is 85.8 Å². The molecule has 3 N–H and O–H groups in total. The fourth-order valence-corrected chi connectivity index (χ4v) is 3.10. The Labute approximate surface area is 137 Å². The monoisotopic (exact) mass is 327 g/mol. The Balaban J connectivity index is 1.95. The number of thiazole rings is 1. The van der Waals surface area contributed by atoms with E-state index in [2.05, 4.69) is 15.3 Å². The second-order valence-corrected chi connectivity index (χ2v) is 6.26. The van der Waals surface area contributed by atoms with Crippen LogP contribution in [0.4, 0.5) is 17.3 Å². The molecule has 2 aromatic heterocycles. The lowest BCUT2D eigenvalue weighted by Gasteiger charge is -2.08. The van der Waals surface area contributed by atoms with Gasteiger partial charge < -0.3 is 15.6 Å². The van der Waals surface area contributed by atoms with Crippen molar-refractivity contribution in [2.75, 3.05) is 11.1 Å². The maximum Gasteiger partial charge on any atom is 0.307 e. The predicted molar refractivity (Wildman–Crippen MR) is 94.2 cm³/mol. The van der Waals surface area contributed by atoms with Gasteiger partial charge in [-0.15, -0.1) is 0 Å². The summed E-state index contributed by atoms with van der Waals surface area (Å²) in [6.45, 7) is 3.86.